The quantitative estimate of drug-likeness (QED) is 0.588. The molecule has 0 aliphatic carbocycles. The van der Waals surface area contributed by atoms with Crippen LogP contribution in [0.4, 0.5) is 0 Å². The minimum Gasteiger partial charge on any atom is -0.0898 e. The van der Waals surface area contributed by atoms with E-state index in [0.717, 1.165) is 0 Å². The number of aryl methyl sites for hydroxylation is 3. The molecule has 0 saturated heterocycles. The lowest BCUT2D eigenvalue weighted by Gasteiger charge is -2.16. The fraction of sp³-hybridized carbons (Fsp3) is 0.300. The number of allylic oxidation sites excluding steroid dienone is 1. The van der Waals surface area contributed by atoms with Crippen molar-refractivity contribution in [1.29, 1.82) is 0 Å². The molecule has 0 aliphatic heterocycles. The lowest BCUT2D eigenvalue weighted by atomic mass is 9.98. The van der Waals surface area contributed by atoms with E-state index in [1.165, 1.54) is 32.1 Å². The SMILES string of the molecule is Cc1cc(C)c(/C(=C\C(C)C)Sc2ccccc2)c(C)c1. The Bertz CT molecular complexity index is 613. The summed E-state index contributed by atoms with van der Waals surface area (Å²) in [5.74, 6) is 0.538. The highest BCUT2D eigenvalue weighted by Crippen LogP contribution is 2.38. The molecule has 0 amide bonds. The third-order valence-corrected chi connectivity index (χ3v) is 4.45. The summed E-state index contributed by atoms with van der Waals surface area (Å²) in [6.07, 6.45) is 2.38. The van der Waals surface area contributed by atoms with Gasteiger partial charge >= 0.3 is 0 Å². The van der Waals surface area contributed by atoms with Gasteiger partial charge in [0.2, 0.25) is 0 Å². The molecule has 0 radical (unpaired) electrons. The smallest absolute Gasteiger partial charge is 0.0162 e. The molecule has 0 heterocycles. The van der Waals surface area contributed by atoms with Gasteiger partial charge in [-0.3, -0.25) is 0 Å². The van der Waals surface area contributed by atoms with Gasteiger partial charge in [-0.15, -0.1) is 0 Å². The molecule has 0 aliphatic rings. The van der Waals surface area contributed by atoms with Crippen molar-refractivity contribution < 1.29 is 0 Å². The van der Waals surface area contributed by atoms with Crippen LogP contribution >= 0.6 is 11.8 Å². The van der Waals surface area contributed by atoms with Crippen molar-refractivity contribution in [3.05, 3.63) is 70.8 Å². The van der Waals surface area contributed by atoms with E-state index in [2.05, 4.69) is 83.2 Å². The second-order valence-electron chi connectivity index (χ2n) is 5.96. The van der Waals surface area contributed by atoms with Gasteiger partial charge in [-0.05, 0) is 55.5 Å². The van der Waals surface area contributed by atoms with Crippen molar-refractivity contribution >= 4 is 16.7 Å². The Morgan fingerprint density at radius 3 is 2.05 bits per heavy atom. The molecular formula is C20H24S. The Morgan fingerprint density at radius 2 is 1.52 bits per heavy atom. The van der Waals surface area contributed by atoms with E-state index in [0.29, 0.717) is 5.92 Å². The number of rotatable bonds is 4. The topological polar surface area (TPSA) is 0 Å². The zero-order chi connectivity index (χ0) is 15.4. The summed E-state index contributed by atoms with van der Waals surface area (Å²) in [5, 5.41) is 0. The van der Waals surface area contributed by atoms with Crippen LogP contribution in [-0.2, 0) is 0 Å². The van der Waals surface area contributed by atoms with Crippen LogP contribution < -0.4 is 0 Å². The Labute approximate surface area is 133 Å². The van der Waals surface area contributed by atoms with Crippen molar-refractivity contribution in [1.82, 2.24) is 0 Å². The average Bonchev–Trinajstić information content (AvgIpc) is 2.37. The molecule has 1 heteroatoms. The summed E-state index contributed by atoms with van der Waals surface area (Å²) in [6.45, 7) is 11.1. The lowest BCUT2D eigenvalue weighted by Crippen LogP contribution is -1.94. The largest absolute Gasteiger partial charge is 0.0898 e. The van der Waals surface area contributed by atoms with E-state index in [9.17, 15) is 0 Å². The van der Waals surface area contributed by atoms with Gasteiger partial charge in [-0.25, -0.2) is 0 Å². The first-order valence-electron chi connectivity index (χ1n) is 7.50. The van der Waals surface area contributed by atoms with Gasteiger partial charge < -0.3 is 0 Å². The van der Waals surface area contributed by atoms with Gasteiger partial charge in [-0.2, -0.15) is 0 Å². The molecule has 21 heavy (non-hydrogen) atoms. The van der Waals surface area contributed by atoms with Crippen LogP contribution in [0.2, 0.25) is 0 Å². The van der Waals surface area contributed by atoms with Crippen LogP contribution in [0.15, 0.2) is 53.4 Å². The van der Waals surface area contributed by atoms with Gasteiger partial charge in [0, 0.05) is 9.80 Å². The second-order valence-corrected chi connectivity index (χ2v) is 7.08. The highest BCUT2D eigenvalue weighted by atomic mass is 32.2. The van der Waals surface area contributed by atoms with Crippen molar-refractivity contribution in [2.75, 3.05) is 0 Å². The summed E-state index contributed by atoms with van der Waals surface area (Å²) in [7, 11) is 0. The average molecular weight is 296 g/mol. The molecule has 0 nitrogen and oxygen atoms in total. The number of hydrogen-bond acceptors (Lipinski definition) is 1. The highest BCUT2D eigenvalue weighted by molar-refractivity contribution is 8.08. The maximum absolute atomic E-state index is 2.38. The summed E-state index contributed by atoms with van der Waals surface area (Å²) in [5.41, 5.74) is 5.45. The predicted molar refractivity (Wildman–Crippen MR) is 95.8 cm³/mol. The highest BCUT2D eigenvalue weighted by Gasteiger charge is 2.11. The number of thioether (sulfide) groups is 1. The molecule has 110 valence electrons. The molecule has 0 unspecified atom stereocenters. The molecule has 0 bridgehead atoms. The molecular weight excluding hydrogens is 272 g/mol. The van der Waals surface area contributed by atoms with Gasteiger partial charge in [0.15, 0.2) is 0 Å². The molecule has 0 fully saturated rings. The Morgan fingerprint density at radius 1 is 0.952 bits per heavy atom. The monoisotopic (exact) mass is 296 g/mol. The van der Waals surface area contributed by atoms with Crippen LogP contribution in [0.3, 0.4) is 0 Å². The third kappa shape index (κ3) is 4.25. The molecule has 0 atom stereocenters. The maximum atomic E-state index is 2.38. The number of benzene rings is 2. The van der Waals surface area contributed by atoms with Gasteiger partial charge in [0.1, 0.15) is 0 Å². The van der Waals surface area contributed by atoms with Crippen molar-refractivity contribution in [3.8, 4) is 0 Å². The Kier molecular flexibility index (Phi) is 5.30. The van der Waals surface area contributed by atoms with Crippen LogP contribution in [-0.4, -0.2) is 0 Å². The lowest BCUT2D eigenvalue weighted by molar-refractivity contribution is 0.835. The van der Waals surface area contributed by atoms with Crippen LogP contribution in [0.1, 0.15) is 36.1 Å². The van der Waals surface area contributed by atoms with Crippen molar-refractivity contribution in [3.63, 3.8) is 0 Å². The summed E-state index contributed by atoms with van der Waals surface area (Å²) >= 11 is 1.87. The summed E-state index contributed by atoms with van der Waals surface area (Å²) in [6, 6.07) is 15.2. The van der Waals surface area contributed by atoms with E-state index in [1.807, 2.05) is 11.8 Å². The third-order valence-electron chi connectivity index (χ3n) is 3.38. The molecule has 2 aromatic rings. The molecule has 2 aromatic carbocycles. The number of hydrogen-bond donors (Lipinski definition) is 0. The Balaban J connectivity index is 2.47. The fourth-order valence-electron chi connectivity index (χ4n) is 2.66. The van der Waals surface area contributed by atoms with Crippen LogP contribution in [0.5, 0.6) is 0 Å². The first-order valence-corrected chi connectivity index (χ1v) is 8.32. The molecule has 0 N–H and O–H groups in total. The minimum absolute atomic E-state index is 0.538. The standard InChI is InChI=1S/C20H24S/c1-14(2)11-19(21-18-9-7-6-8-10-18)20-16(4)12-15(3)13-17(20)5/h6-14H,1-5H3/b19-11+. The predicted octanol–water partition coefficient (Wildman–Crippen LogP) is 6.40. The molecule has 0 spiro atoms. The second kappa shape index (κ2) is 7.00. The van der Waals surface area contributed by atoms with E-state index in [1.54, 1.807) is 0 Å². The molecule has 2 rings (SSSR count). The minimum atomic E-state index is 0.538. The van der Waals surface area contributed by atoms with E-state index in [4.69, 9.17) is 0 Å². The van der Waals surface area contributed by atoms with Gasteiger partial charge in [-0.1, -0.05) is 67.6 Å². The van der Waals surface area contributed by atoms with E-state index in [-0.39, 0.29) is 0 Å². The van der Waals surface area contributed by atoms with Gasteiger partial charge in [0.05, 0.1) is 0 Å². The first-order chi connectivity index (χ1) is 9.97. The zero-order valence-corrected chi connectivity index (χ0v) is 14.4. The summed E-state index contributed by atoms with van der Waals surface area (Å²) < 4.78 is 0. The normalized spacial score (nSPS) is 12.0. The van der Waals surface area contributed by atoms with E-state index < -0.39 is 0 Å². The molecule has 0 saturated carbocycles. The van der Waals surface area contributed by atoms with Crippen molar-refractivity contribution in [2.24, 2.45) is 5.92 Å². The summed E-state index contributed by atoms with van der Waals surface area (Å²) in [4.78, 5) is 2.66. The maximum Gasteiger partial charge on any atom is 0.0162 e. The zero-order valence-electron chi connectivity index (χ0n) is 13.6. The van der Waals surface area contributed by atoms with Gasteiger partial charge in [0.25, 0.3) is 0 Å². The Hall–Kier alpha value is -1.47. The van der Waals surface area contributed by atoms with Crippen LogP contribution in [0.25, 0.3) is 4.91 Å². The van der Waals surface area contributed by atoms with Crippen LogP contribution in [0, 0.1) is 26.7 Å². The van der Waals surface area contributed by atoms with E-state index >= 15 is 0 Å². The first kappa shape index (κ1) is 15.9. The van der Waals surface area contributed by atoms with Crippen molar-refractivity contribution in [2.45, 2.75) is 39.5 Å². The fourth-order valence-corrected chi connectivity index (χ4v) is 3.97. The molecule has 0 aromatic heterocycles.